The van der Waals surface area contributed by atoms with Crippen molar-refractivity contribution < 1.29 is 0 Å². The largest absolute Gasteiger partial charge is 0.399 e. The number of benzene rings is 1. The van der Waals surface area contributed by atoms with E-state index in [1.807, 2.05) is 32.0 Å². The fourth-order valence-electron chi connectivity index (χ4n) is 1.47. The number of nitrogen functional groups attached to an aromatic ring is 1. The van der Waals surface area contributed by atoms with Crippen molar-refractivity contribution in [3.8, 4) is 6.07 Å². The normalized spacial score (nSPS) is 12.1. The lowest BCUT2D eigenvalue weighted by molar-refractivity contribution is 0.812. The summed E-state index contributed by atoms with van der Waals surface area (Å²) in [6.07, 6.45) is 0.848. The van der Waals surface area contributed by atoms with Gasteiger partial charge in [-0.2, -0.15) is 5.26 Å². The van der Waals surface area contributed by atoms with Crippen LogP contribution < -0.4 is 5.73 Å². The van der Waals surface area contributed by atoms with Crippen molar-refractivity contribution in [3.05, 3.63) is 29.3 Å². The first-order chi connectivity index (χ1) is 6.19. The third kappa shape index (κ3) is 2.00. The van der Waals surface area contributed by atoms with Gasteiger partial charge in [-0.1, -0.05) is 13.0 Å². The Kier molecular flexibility index (Phi) is 2.92. The first-order valence-corrected chi connectivity index (χ1v) is 4.44. The molecule has 0 amide bonds. The monoisotopic (exact) mass is 174 g/mol. The molecule has 0 spiro atoms. The SMILES string of the molecule is CCC(C#N)c1ccc(N)cc1C. The zero-order chi connectivity index (χ0) is 9.84. The van der Waals surface area contributed by atoms with Gasteiger partial charge < -0.3 is 5.73 Å². The third-order valence-corrected chi connectivity index (χ3v) is 2.23. The van der Waals surface area contributed by atoms with E-state index in [0.29, 0.717) is 0 Å². The maximum Gasteiger partial charge on any atom is 0.0712 e. The first kappa shape index (κ1) is 9.60. The second kappa shape index (κ2) is 3.95. The Hall–Kier alpha value is -1.49. The van der Waals surface area contributed by atoms with E-state index in [1.165, 1.54) is 0 Å². The predicted molar refractivity (Wildman–Crippen MR) is 54.2 cm³/mol. The lowest BCUT2D eigenvalue weighted by atomic mass is 9.94. The molecule has 2 heteroatoms. The van der Waals surface area contributed by atoms with Crippen molar-refractivity contribution in [2.75, 3.05) is 5.73 Å². The second-order valence-corrected chi connectivity index (χ2v) is 3.21. The van der Waals surface area contributed by atoms with Crippen LogP contribution in [0.5, 0.6) is 0 Å². The molecule has 1 atom stereocenters. The fourth-order valence-corrected chi connectivity index (χ4v) is 1.47. The highest BCUT2D eigenvalue weighted by molar-refractivity contribution is 5.46. The number of anilines is 1. The molecule has 2 nitrogen and oxygen atoms in total. The number of rotatable bonds is 2. The quantitative estimate of drug-likeness (QED) is 0.700. The van der Waals surface area contributed by atoms with E-state index in [4.69, 9.17) is 11.0 Å². The van der Waals surface area contributed by atoms with Crippen LogP contribution in [0.2, 0.25) is 0 Å². The predicted octanol–water partition coefficient (Wildman–Crippen LogP) is 2.59. The highest BCUT2D eigenvalue weighted by Gasteiger charge is 2.09. The summed E-state index contributed by atoms with van der Waals surface area (Å²) < 4.78 is 0. The van der Waals surface area contributed by atoms with Crippen LogP contribution in [0.25, 0.3) is 0 Å². The summed E-state index contributed by atoms with van der Waals surface area (Å²) in [4.78, 5) is 0. The van der Waals surface area contributed by atoms with Crippen molar-refractivity contribution in [1.82, 2.24) is 0 Å². The minimum absolute atomic E-state index is 0.000556. The molecule has 0 aliphatic carbocycles. The average molecular weight is 174 g/mol. The molecule has 0 fully saturated rings. The molecule has 0 aliphatic heterocycles. The lowest BCUT2D eigenvalue weighted by Gasteiger charge is -2.10. The van der Waals surface area contributed by atoms with Gasteiger partial charge in [0.15, 0.2) is 0 Å². The highest BCUT2D eigenvalue weighted by Crippen LogP contribution is 2.23. The molecule has 68 valence electrons. The van der Waals surface area contributed by atoms with E-state index >= 15 is 0 Å². The maximum absolute atomic E-state index is 8.89. The van der Waals surface area contributed by atoms with Gasteiger partial charge in [0.25, 0.3) is 0 Å². The van der Waals surface area contributed by atoms with Gasteiger partial charge in [0, 0.05) is 5.69 Å². The molecule has 0 saturated carbocycles. The average Bonchev–Trinajstić information content (AvgIpc) is 2.10. The Morgan fingerprint density at radius 3 is 2.69 bits per heavy atom. The van der Waals surface area contributed by atoms with Gasteiger partial charge in [-0.05, 0) is 36.6 Å². The van der Waals surface area contributed by atoms with Crippen LogP contribution in [0.1, 0.15) is 30.4 Å². The van der Waals surface area contributed by atoms with Crippen molar-refractivity contribution >= 4 is 5.69 Å². The maximum atomic E-state index is 8.89. The van der Waals surface area contributed by atoms with Crippen LogP contribution in [-0.2, 0) is 0 Å². The molecule has 0 bridgehead atoms. The van der Waals surface area contributed by atoms with E-state index in [1.54, 1.807) is 0 Å². The van der Waals surface area contributed by atoms with Crippen LogP contribution in [-0.4, -0.2) is 0 Å². The van der Waals surface area contributed by atoms with E-state index in [9.17, 15) is 0 Å². The van der Waals surface area contributed by atoms with Crippen LogP contribution in [0.3, 0.4) is 0 Å². The molecule has 0 saturated heterocycles. The van der Waals surface area contributed by atoms with Crippen molar-refractivity contribution in [2.24, 2.45) is 0 Å². The number of hydrogen-bond acceptors (Lipinski definition) is 2. The van der Waals surface area contributed by atoms with Gasteiger partial charge in [0.2, 0.25) is 0 Å². The Balaban J connectivity index is 3.09. The summed E-state index contributed by atoms with van der Waals surface area (Å²) in [5, 5.41) is 8.89. The zero-order valence-corrected chi connectivity index (χ0v) is 8.04. The Bertz CT molecular complexity index is 336. The van der Waals surface area contributed by atoms with E-state index in [0.717, 1.165) is 23.2 Å². The minimum atomic E-state index is 0.000556. The lowest BCUT2D eigenvalue weighted by Crippen LogP contribution is -1.98. The van der Waals surface area contributed by atoms with Gasteiger partial charge >= 0.3 is 0 Å². The third-order valence-electron chi connectivity index (χ3n) is 2.23. The molecule has 0 heterocycles. The molecule has 0 radical (unpaired) electrons. The highest BCUT2D eigenvalue weighted by atomic mass is 14.5. The first-order valence-electron chi connectivity index (χ1n) is 4.44. The van der Waals surface area contributed by atoms with E-state index in [2.05, 4.69) is 6.07 Å². The molecular formula is C11H14N2. The van der Waals surface area contributed by atoms with Gasteiger partial charge in [-0.25, -0.2) is 0 Å². The molecule has 2 N–H and O–H groups in total. The second-order valence-electron chi connectivity index (χ2n) is 3.21. The van der Waals surface area contributed by atoms with Gasteiger partial charge in [-0.15, -0.1) is 0 Å². The number of nitrogens with zero attached hydrogens (tertiary/aromatic N) is 1. The minimum Gasteiger partial charge on any atom is -0.399 e. The van der Waals surface area contributed by atoms with Gasteiger partial charge in [-0.3, -0.25) is 0 Å². The zero-order valence-electron chi connectivity index (χ0n) is 8.04. The van der Waals surface area contributed by atoms with Crippen LogP contribution in [0, 0.1) is 18.3 Å². The molecule has 0 aliphatic rings. The number of aryl methyl sites for hydroxylation is 1. The summed E-state index contributed by atoms with van der Waals surface area (Å²) in [6.45, 7) is 4.01. The molecule has 1 unspecified atom stereocenters. The number of nitrogens with two attached hydrogens (primary N) is 1. The van der Waals surface area contributed by atoms with Crippen LogP contribution >= 0.6 is 0 Å². The fraction of sp³-hybridized carbons (Fsp3) is 0.364. The Morgan fingerprint density at radius 1 is 1.54 bits per heavy atom. The molecule has 0 aromatic heterocycles. The van der Waals surface area contributed by atoms with E-state index in [-0.39, 0.29) is 5.92 Å². The summed E-state index contributed by atoms with van der Waals surface area (Å²) in [5.41, 5.74) is 8.59. The molecule has 1 aromatic rings. The standard InChI is InChI=1S/C11H14N2/c1-3-9(7-12)11-5-4-10(13)6-8(11)2/h4-6,9H,3,13H2,1-2H3. The molecular weight excluding hydrogens is 160 g/mol. The van der Waals surface area contributed by atoms with Crippen LogP contribution in [0.15, 0.2) is 18.2 Å². The summed E-state index contributed by atoms with van der Waals surface area (Å²) in [7, 11) is 0. The summed E-state index contributed by atoms with van der Waals surface area (Å²) in [6, 6.07) is 8.00. The van der Waals surface area contributed by atoms with Gasteiger partial charge in [0.1, 0.15) is 0 Å². The van der Waals surface area contributed by atoms with Gasteiger partial charge in [0.05, 0.1) is 12.0 Å². The number of hydrogen-bond donors (Lipinski definition) is 1. The topological polar surface area (TPSA) is 49.8 Å². The Morgan fingerprint density at radius 2 is 2.23 bits per heavy atom. The van der Waals surface area contributed by atoms with Crippen LogP contribution in [0.4, 0.5) is 5.69 Å². The van der Waals surface area contributed by atoms with Crippen molar-refractivity contribution in [1.29, 1.82) is 5.26 Å². The van der Waals surface area contributed by atoms with E-state index < -0.39 is 0 Å². The molecule has 1 aromatic carbocycles. The number of nitriles is 1. The van der Waals surface area contributed by atoms with Crippen molar-refractivity contribution in [2.45, 2.75) is 26.2 Å². The van der Waals surface area contributed by atoms with Crippen molar-refractivity contribution in [3.63, 3.8) is 0 Å². The molecule has 1 rings (SSSR count). The summed E-state index contributed by atoms with van der Waals surface area (Å²) in [5.74, 6) is 0.000556. The summed E-state index contributed by atoms with van der Waals surface area (Å²) >= 11 is 0. The molecule has 13 heavy (non-hydrogen) atoms. The Labute approximate surface area is 79.0 Å². The smallest absolute Gasteiger partial charge is 0.0712 e.